The Kier molecular flexibility index (Phi) is 8.12. The first-order valence-electron chi connectivity index (χ1n) is 6.57. The van der Waals surface area contributed by atoms with Crippen molar-refractivity contribution < 1.29 is 0 Å². The van der Waals surface area contributed by atoms with Crippen molar-refractivity contribution in [1.29, 1.82) is 0 Å². The molecule has 1 rings (SSSR count). The number of rotatable bonds is 4. The first kappa shape index (κ1) is 19.2. The molecule has 0 spiro atoms. The molecule has 0 aliphatic carbocycles. The van der Waals surface area contributed by atoms with E-state index in [2.05, 4.69) is 74.3 Å². The number of hydrogen-bond donors (Lipinski definition) is 2. The van der Waals surface area contributed by atoms with Crippen LogP contribution in [0.25, 0.3) is 0 Å². The van der Waals surface area contributed by atoms with Gasteiger partial charge in [-0.2, -0.15) is 0 Å². The Morgan fingerprint density at radius 1 is 1.15 bits per heavy atom. The third kappa shape index (κ3) is 8.37. The second-order valence-electron chi connectivity index (χ2n) is 6.13. The van der Waals surface area contributed by atoms with Gasteiger partial charge in [-0.25, -0.2) is 4.99 Å². The molecule has 0 saturated heterocycles. The van der Waals surface area contributed by atoms with E-state index in [9.17, 15) is 0 Å². The predicted octanol–water partition coefficient (Wildman–Crippen LogP) is 2.57. The topological polar surface area (TPSA) is 53.6 Å². The summed E-state index contributed by atoms with van der Waals surface area (Å²) in [6, 6.07) is 8.48. The maximum atomic E-state index is 5.84. The minimum absolute atomic E-state index is 0. The Hall–Kier alpha value is -0.820. The van der Waals surface area contributed by atoms with Gasteiger partial charge in [0.2, 0.25) is 0 Å². The van der Waals surface area contributed by atoms with E-state index >= 15 is 0 Å². The SMILES string of the molecule is CN(C)Cc1ccc(CN=C(N)NC(C)(C)C)cc1.I. The van der Waals surface area contributed by atoms with Crippen molar-refractivity contribution in [2.24, 2.45) is 10.7 Å². The summed E-state index contributed by atoms with van der Waals surface area (Å²) in [5.41, 5.74) is 8.26. The van der Waals surface area contributed by atoms with Gasteiger partial charge in [-0.3, -0.25) is 0 Å². The highest BCUT2D eigenvalue weighted by Gasteiger charge is 2.09. The molecule has 0 unspecified atom stereocenters. The van der Waals surface area contributed by atoms with E-state index in [1.165, 1.54) is 11.1 Å². The number of nitrogens with two attached hydrogens (primary N) is 1. The summed E-state index contributed by atoms with van der Waals surface area (Å²) < 4.78 is 0. The highest BCUT2D eigenvalue weighted by molar-refractivity contribution is 14.0. The van der Waals surface area contributed by atoms with Crippen LogP contribution in [0.3, 0.4) is 0 Å². The Morgan fingerprint density at radius 3 is 2.10 bits per heavy atom. The monoisotopic (exact) mass is 390 g/mol. The van der Waals surface area contributed by atoms with Crippen LogP contribution in [-0.4, -0.2) is 30.5 Å². The van der Waals surface area contributed by atoms with Crippen LogP contribution in [0.4, 0.5) is 0 Å². The molecule has 3 N–H and O–H groups in total. The van der Waals surface area contributed by atoms with Gasteiger partial charge < -0.3 is 16.0 Å². The van der Waals surface area contributed by atoms with E-state index in [1.54, 1.807) is 0 Å². The first-order chi connectivity index (χ1) is 8.76. The zero-order valence-electron chi connectivity index (χ0n) is 13.1. The number of halogens is 1. The normalized spacial score (nSPS) is 12.2. The lowest BCUT2D eigenvalue weighted by Gasteiger charge is -2.21. The molecule has 0 fully saturated rings. The molecule has 0 saturated carbocycles. The summed E-state index contributed by atoms with van der Waals surface area (Å²) in [4.78, 5) is 6.49. The Balaban J connectivity index is 0.00000361. The number of aliphatic imine (C=N–C) groups is 1. The highest BCUT2D eigenvalue weighted by atomic mass is 127. The van der Waals surface area contributed by atoms with Crippen LogP contribution in [-0.2, 0) is 13.1 Å². The second kappa shape index (κ2) is 8.46. The molecule has 0 aliphatic rings. The van der Waals surface area contributed by atoms with Crippen LogP contribution in [0.5, 0.6) is 0 Å². The Labute approximate surface area is 139 Å². The number of hydrogen-bond acceptors (Lipinski definition) is 2. The number of guanidine groups is 1. The van der Waals surface area contributed by atoms with E-state index in [0.29, 0.717) is 12.5 Å². The Bertz CT molecular complexity index is 418. The van der Waals surface area contributed by atoms with E-state index in [0.717, 1.165) is 6.54 Å². The molecule has 0 radical (unpaired) electrons. The van der Waals surface area contributed by atoms with Crippen molar-refractivity contribution in [3.63, 3.8) is 0 Å². The van der Waals surface area contributed by atoms with Crippen molar-refractivity contribution in [2.45, 2.75) is 39.4 Å². The summed E-state index contributed by atoms with van der Waals surface area (Å²) in [5.74, 6) is 0.491. The molecular formula is C15H27IN4. The van der Waals surface area contributed by atoms with E-state index in [4.69, 9.17) is 5.73 Å². The van der Waals surface area contributed by atoms with Crippen LogP contribution in [0.1, 0.15) is 31.9 Å². The quantitative estimate of drug-likeness (QED) is 0.472. The fraction of sp³-hybridized carbons (Fsp3) is 0.533. The molecule has 4 nitrogen and oxygen atoms in total. The van der Waals surface area contributed by atoms with Gasteiger partial charge in [-0.05, 0) is 46.0 Å². The van der Waals surface area contributed by atoms with E-state index in [1.807, 2.05) is 0 Å². The minimum Gasteiger partial charge on any atom is -0.370 e. The predicted molar refractivity (Wildman–Crippen MR) is 97.5 cm³/mol. The van der Waals surface area contributed by atoms with E-state index in [-0.39, 0.29) is 29.5 Å². The molecule has 1 aromatic carbocycles. The van der Waals surface area contributed by atoms with Gasteiger partial charge in [-0.1, -0.05) is 24.3 Å². The van der Waals surface area contributed by atoms with Crippen molar-refractivity contribution in [3.8, 4) is 0 Å². The molecular weight excluding hydrogens is 363 g/mol. The van der Waals surface area contributed by atoms with Gasteiger partial charge in [0.15, 0.2) is 5.96 Å². The first-order valence-corrected chi connectivity index (χ1v) is 6.57. The average molecular weight is 390 g/mol. The average Bonchev–Trinajstić information content (AvgIpc) is 2.25. The summed E-state index contributed by atoms with van der Waals surface area (Å²) in [7, 11) is 4.13. The van der Waals surface area contributed by atoms with Crippen molar-refractivity contribution >= 4 is 29.9 Å². The maximum absolute atomic E-state index is 5.84. The van der Waals surface area contributed by atoms with Crippen molar-refractivity contribution in [1.82, 2.24) is 10.2 Å². The summed E-state index contributed by atoms with van der Waals surface area (Å²) >= 11 is 0. The lowest BCUT2D eigenvalue weighted by Crippen LogP contribution is -2.44. The smallest absolute Gasteiger partial charge is 0.189 e. The second-order valence-corrected chi connectivity index (χ2v) is 6.13. The third-order valence-electron chi connectivity index (χ3n) is 2.46. The Morgan fingerprint density at radius 2 is 1.65 bits per heavy atom. The van der Waals surface area contributed by atoms with Crippen LogP contribution >= 0.6 is 24.0 Å². The van der Waals surface area contributed by atoms with Gasteiger partial charge in [0.25, 0.3) is 0 Å². The van der Waals surface area contributed by atoms with Crippen LogP contribution in [0.15, 0.2) is 29.3 Å². The third-order valence-corrected chi connectivity index (χ3v) is 2.46. The summed E-state index contributed by atoms with van der Waals surface area (Å²) in [5, 5.41) is 3.15. The van der Waals surface area contributed by atoms with Crippen molar-refractivity contribution in [2.75, 3.05) is 14.1 Å². The molecule has 0 heterocycles. The molecule has 5 heteroatoms. The van der Waals surface area contributed by atoms with E-state index < -0.39 is 0 Å². The van der Waals surface area contributed by atoms with Gasteiger partial charge in [0.1, 0.15) is 0 Å². The fourth-order valence-corrected chi connectivity index (χ4v) is 1.72. The highest BCUT2D eigenvalue weighted by Crippen LogP contribution is 2.07. The zero-order valence-corrected chi connectivity index (χ0v) is 15.4. The van der Waals surface area contributed by atoms with Crippen LogP contribution in [0, 0.1) is 0 Å². The number of benzene rings is 1. The number of nitrogens with zero attached hydrogens (tertiary/aromatic N) is 2. The van der Waals surface area contributed by atoms with Gasteiger partial charge in [0.05, 0.1) is 6.54 Å². The number of nitrogens with one attached hydrogen (secondary N) is 1. The summed E-state index contributed by atoms with van der Waals surface area (Å²) in [6.07, 6.45) is 0. The standard InChI is InChI=1S/C15H26N4.HI/c1-15(2,3)18-14(16)17-10-12-6-8-13(9-7-12)11-19(4)5;/h6-9H,10-11H2,1-5H3,(H3,16,17,18);1H. The lowest BCUT2D eigenvalue weighted by atomic mass is 10.1. The summed E-state index contributed by atoms with van der Waals surface area (Å²) in [6.45, 7) is 7.75. The van der Waals surface area contributed by atoms with Crippen LogP contribution < -0.4 is 11.1 Å². The van der Waals surface area contributed by atoms with Crippen molar-refractivity contribution in [3.05, 3.63) is 35.4 Å². The minimum atomic E-state index is -0.0524. The van der Waals surface area contributed by atoms with Gasteiger partial charge in [0, 0.05) is 12.1 Å². The van der Waals surface area contributed by atoms with Crippen LogP contribution in [0.2, 0.25) is 0 Å². The molecule has 1 aromatic rings. The maximum Gasteiger partial charge on any atom is 0.189 e. The molecule has 0 bridgehead atoms. The lowest BCUT2D eigenvalue weighted by molar-refractivity contribution is 0.402. The zero-order chi connectivity index (χ0) is 14.5. The molecule has 0 aliphatic heterocycles. The largest absolute Gasteiger partial charge is 0.370 e. The van der Waals surface area contributed by atoms with Gasteiger partial charge in [-0.15, -0.1) is 24.0 Å². The molecule has 0 atom stereocenters. The van der Waals surface area contributed by atoms with Gasteiger partial charge >= 0.3 is 0 Å². The fourth-order valence-electron chi connectivity index (χ4n) is 1.72. The molecule has 0 aromatic heterocycles. The molecule has 20 heavy (non-hydrogen) atoms. The molecule has 114 valence electrons. The molecule has 0 amide bonds.